The summed E-state index contributed by atoms with van der Waals surface area (Å²) in [4.78, 5) is 4.62. The van der Waals surface area contributed by atoms with E-state index in [0.29, 0.717) is 29.5 Å². The van der Waals surface area contributed by atoms with Crippen molar-refractivity contribution in [3.8, 4) is 17.3 Å². The number of imidazole rings is 1. The molecule has 1 aromatic heterocycles. The molecule has 0 atom stereocenters. The molecule has 1 aliphatic carbocycles. The summed E-state index contributed by atoms with van der Waals surface area (Å²) in [6.45, 7) is 4.34. The molecule has 0 saturated heterocycles. The van der Waals surface area contributed by atoms with E-state index in [9.17, 15) is 4.39 Å². The van der Waals surface area contributed by atoms with Crippen LogP contribution in [0.15, 0.2) is 30.9 Å². The Morgan fingerprint density at radius 3 is 2.90 bits per heavy atom. The Balaban J connectivity index is 2.12. The highest BCUT2D eigenvalue weighted by Crippen LogP contribution is 2.42. The van der Waals surface area contributed by atoms with Crippen LogP contribution in [0.4, 0.5) is 10.2 Å². The molecule has 5 heteroatoms. The van der Waals surface area contributed by atoms with Crippen molar-refractivity contribution in [3.63, 3.8) is 0 Å². The molecule has 0 amide bonds. The van der Waals surface area contributed by atoms with Gasteiger partial charge in [0.1, 0.15) is 29.2 Å². The quantitative estimate of drug-likeness (QED) is 0.875. The van der Waals surface area contributed by atoms with Crippen LogP contribution in [0, 0.1) is 17.1 Å². The molecule has 1 saturated carbocycles. The molecule has 1 aliphatic rings. The second-order valence-corrected chi connectivity index (χ2v) is 5.18. The van der Waals surface area contributed by atoms with Gasteiger partial charge in [0.2, 0.25) is 0 Å². The van der Waals surface area contributed by atoms with Crippen LogP contribution in [0.25, 0.3) is 11.3 Å². The SMILES string of the molecule is C=CCn1c(C2CC2)nc(-c2ccc(F)c(C#N)c2)c1N. The first kappa shape index (κ1) is 13.4. The topological polar surface area (TPSA) is 67.6 Å². The number of anilines is 1. The monoisotopic (exact) mass is 282 g/mol. The number of hydrogen-bond acceptors (Lipinski definition) is 3. The summed E-state index contributed by atoms with van der Waals surface area (Å²) in [6.07, 6.45) is 4.00. The van der Waals surface area contributed by atoms with Gasteiger partial charge in [0.05, 0.1) is 5.56 Å². The molecule has 0 bridgehead atoms. The molecule has 1 heterocycles. The predicted octanol–water partition coefficient (Wildman–Crippen LogP) is 3.21. The minimum atomic E-state index is -0.534. The average molecular weight is 282 g/mol. The highest BCUT2D eigenvalue weighted by atomic mass is 19.1. The Labute approximate surface area is 122 Å². The maximum Gasteiger partial charge on any atom is 0.140 e. The van der Waals surface area contributed by atoms with E-state index in [1.54, 1.807) is 12.1 Å². The first-order chi connectivity index (χ1) is 10.2. The second kappa shape index (κ2) is 5.06. The number of nitriles is 1. The number of nitrogens with zero attached hydrogens (tertiary/aromatic N) is 3. The molecule has 2 aromatic rings. The Kier molecular flexibility index (Phi) is 3.22. The van der Waals surface area contributed by atoms with Crippen molar-refractivity contribution in [3.05, 3.63) is 48.1 Å². The lowest BCUT2D eigenvalue weighted by Crippen LogP contribution is -2.05. The maximum absolute atomic E-state index is 13.4. The number of nitrogens with two attached hydrogens (primary N) is 1. The zero-order valence-electron chi connectivity index (χ0n) is 11.5. The number of halogens is 1. The lowest BCUT2D eigenvalue weighted by atomic mass is 10.1. The Bertz CT molecular complexity index is 750. The molecule has 1 fully saturated rings. The van der Waals surface area contributed by atoms with Crippen LogP contribution in [-0.2, 0) is 6.54 Å². The summed E-state index contributed by atoms with van der Waals surface area (Å²) in [7, 11) is 0. The highest BCUT2D eigenvalue weighted by Gasteiger charge is 2.30. The molecule has 3 rings (SSSR count). The van der Waals surface area contributed by atoms with Crippen LogP contribution < -0.4 is 5.73 Å². The third-order valence-electron chi connectivity index (χ3n) is 3.65. The summed E-state index contributed by atoms with van der Waals surface area (Å²) in [6, 6.07) is 6.20. The van der Waals surface area contributed by atoms with E-state index in [1.807, 2.05) is 10.6 Å². The van der Waals surface area contributed by atoms with Gasteiger partial charge in [-0.3, -0.25) is 0 Å². The van der Waals surface area contributed by atoms with Gasteiger partial charge in [0.15, 0.2) is 0 Å². The first-order valence-electron chi connectivity index (χ1n) is 6.82. The molecule has 4 nitrogen and oxygen atoms in total. The summed E-state index contributed by atoms with van der Waals surface area (Å²) in [5.74, 6) is 1.39. The summed E-state index contributed by atoms with van der Waals surface area (Å²) < 4.78 is 15.4. The molecule has 106 valence electrons. The molecule has 2 N–H and O–H groups in total. The number of nitrogen functional groups attached to an aromatic ring is 1. The lowest BCUT2D eigenvalue weighted by molar-refractivity contribution is 0.624. The Morgan fingerprint density at radius 2 is 2.29 bits per heavy atom. The van der Waals surface area contributed by atoms with Gasteiger partial charge in [-0.2, -0.15) is 5.26 Å². The zero-order chi connectivity index (χ0) is 15.0. The van der Waals surface area contributed by atoms with Crippen molar-refractivity contribution in [2.45, 2.75) is 25.3 Å². The molecule has 0 aliphatic heterocycles. The fraction of sp³-hybridized carbons (Fsp3) is 0.250. The largest absolute Gasteiger partial charge is 0.383 e. The molecular formula is C16H15FN4. The van der Waals surface area contributed by atoms with Crippen LogP contribution in [0.1, 0.15) is 30.1 Å². The fourth-order valence-corrected chi connectivity index (χ4v) is 2.43. The summed E-state index contributed by atoms with van der Waals surface area (Å²) >= 11 is 0. The smallest absolute Gasteiger partial charge is 0.140 e. The third-order valence-corrected chi connectivity index (χ3v) is 3.65. The van der Waals surface area contributed by atoms with E-state index in [4.69, 9.17) is 11.0 Å². The average Bonchev–Trinajstić information content (AvgIpc) is 3.27. The second-order valence-electron chi connectivity index (χ2n) is 5.18. The molecule has 0 unspecified atom stereocenters. The Morgan fingerprint density at radius 1 is 1.52 bits per heavy atom. The van der Waals surface area contributed by atoms with E-state index in [1.165, 1.54) is 12.1 Å². The van der Waals surface area contributed by atoms with Crippen molar-refractivity contribution in [1.82, 2.24) is 9.55 Å². The molecular weight excluding hydrogens is 267 g/mol. The third kappa shape index (κ3) is 2.29. The van der Waals surface area contributed by atoms with Gasteiger partial charge in [-0.1, -0.05) is 6.08 Å². The van der Waals surface area contributed by atoms with E-state index >= 15 is 0 Å². The van der Waals surface area contributed by atoms with Gasteiger partial charge in [0, 0.05) is 18.0 Å². The van der Waals surface area contributed by atoms with Crippen LogP contribution in [0.2, 0.25) is 0 Å². The van der Waals surface area contributed by atoms with Crippen LogP contribution in [0.5, 0.6) is 0 Å². The van der Waals surface area contributed by atoms with Gasteiger partial charge in [0.25, 0.3) is 0 Å². The predicted molar refractivity (Wildman–Crippen MR) is 78.9 cm³/mol. The van der Waals surface area contributed by atoms with E-state index < -0.39 is 5.82 Å². The van der Waals surface area contributed by atoms with E-state index in [0.717, 1.165) is 18.7 Å². The highest BCUT2D eigenvalue weighted by molar-refractivity contribution is 5.72. The number of benzene rings is 1. The number of allylic oxidation sites excluding steroid dienone is 1. The Hall–Kier alpha value is -2.61. The minimum Gasteiger partial charge on any atom is -0.383 e. The number of aromatic nitrogens is 2. The van der Waals surface area contributed by atoms with Crippen molar-refractivity contribution in [2.24, 2.45) is 0 Å². The van der Waals surface area contributed by atoms with Gasteiger partial charge in [-0.25, -0.2) is 9.37 Å². The maximum atomic E-state index is 13.4. The van der Waals surface area contributed by atoms with Gasteiger partial charge in [-0.05, 0) is 31.0 Å². The molecule has 0 radical (unpaired) electrons. The van der Waals surface area contributed by atoms with Crippen molar-refractivity contribution >= 4 is 5.82 Å². The van der Waals surface area contributed by atoms with Crippen molar-refractivity contribution in [1.29, 1.82) is 5.26 Å². The summed E-state index contributed by atoms with van der Waals surface area (Å²) in [5.41, 5.74) is 7.46. The zero-order valence-corrected chi connectivity index (χ0v) is 11.5. The molecule has 0 spiro atoms. The molecule has 1 aromatic carbocycles. The first-order valence-corrected chi connectivity index (χ1v) is 6.82. The van der Waals surface area contributed by atoms with Gasteiger partial charge in [-0.15, -0.1) is 6.58 Å². The number of hydrogen-bond donors (Lipinski definition) is 1. The number of rotatable bonds is 4. The van der Waals surface area contributed by atoms with Crippen molar-refractivity contribution in [2.75, 3.05) is 5.73 Å². The van der Waals surface area contributed by atoms with Gasteiger partial charge >= 0.3 is 0 Å². The van der Waals surface area contributed by atoms with Gasteiger partial charge < -0.3 is 10.3 Å². The van der Waals surface area contributed by atoms with Crippen LogP contribution in [0.3, 0.4) is 0 Å². The van der Waals surface area contributed by atoms with Crippen molar-refractivity contribution < 1.29 is 4.39 Å². The minimum absolute atomic E-state index is 0.00172. The summed E-state index contributed by atoms with van der Waals surface area (Å²) in [5, 5.41) is 8.94. The normalized spacial score (nSPS) is 13.9. The van der Waals surface area contributed by atoms with Crippen LogP contribution >= 0.6 is 0 Å². The van der Waals surface area contributed by atoms with Crippen LogP contribution in [-0.4, -0.2) is 9.55 Å². The molecule has 21 heavy (non-hydrogen) atoms. The van der Waals surface area contributed by atoms with E-state index in [2.05, 4.69) is 11.6 Å². The standard InChI is InChI=1S/C16H15FN4/c1-2-7-21-15(19)14(20-16(21)10-3-4-10)11-5-6-13(17)12(8-11)9-18/h2,5-6,8,10H,1,3-4,7,19H2. The fourth-order valence-electron chi connectivity index (χ4n) is 2.43. The lowest BCUT2D eigenvalue weighted by Gasteiger charge is -2.06. The van der Waals surface area contributed by atoms with E-state index in [-0.39, 0.29) is 5.56 Å².